The standard InChI is InChI=1S/C22H20FN3O2S/c1-26(12-14-3-9-17(28-2)10-4-14)13-20-24-18-11-19(29-21(18)22(27)25-20)15-5-7-16(23)8-6-15/h3-11H,12-13H2,1-2H3,(H,24,25,27). The number of hydrogen-bond acceptors (Lipinski definition) is 5. The number of thiophene rings is 1. The Balaban J connectivity index is 1.54. The van der Waals surface area contributed by atoms with Crippen LogP contribution in [0.5, 0.6) is 5.75 Å². The van der Waals surface area contributed by atoms with E-state index in [0.717, 1.165) is 28.3 Å². The van der Waals surface area contributed by atoms with E-state index in [1.54, 1.807) is 19.2 Å². The molecule has 0 bridgehead atoms. The largest absolute Gasteiger partial charge is 0.497 e. The third-order valence-electron chi connectivity index (χ3n) is 4.59. The predicted molar refractivity (Wildman–Crippen MR) is 114 cm³/mol. The van der Waals surface area contributed by atoms with Gasteiger partial charge < -0.3 is 9.72 Å². The van der Waals surface area contributed by atoms with Crippen molar-refractivity contribution < 1.29 is 9.13 Å². The van der Waals surface area contributed by atoms with Crippen LogP contribution in [-0.4, -0.2) is 29.0 Å². The summed E-state index contributed by atoms with van der Waals surface area (Å²) in [4.78, 5) is 23.0. The van der Waals surface area contributed by atoms with Gasteiger partial charge in [0.15, 0.2) is 0 Å². The van der Waals surface area contributed by atoms with Crippen molar-refractivity contribution in [1.82, 2.24) is 14.9 Å². The molecule has 29 heavy (non-hydrogen) atoms. The molecule has 0 saturated heterocycles. The van der Waals surface area contributed by atoms with E-state index in [4.69, 9.17) is 4.74 Å². The van der Waals surface area contributed by atoms with Crippen molar-refractivity contribution in [3.8, 4) is 16.2 Å². The number of H-pyrrole nitrogens is 1. The fraction of sp³-hybridized carbons (Fsp3) is 0.182. The van der Waals surface area contributed by atoms with Gasteiger partial charge >= 0.3 is 0 Å². The van der Waals surface area contributed by atoms with Crippen LogP contribution in [0.1, 0.15) is 11.4 Å². The summed E-state index contributed by atoms with van der Waals surface area (Å²) in [6, 6.07) is 16.0. The van der Waals surface area contributed by atoms with Crippen molar-refractivity contribution in [2.75, 3.05) is 14.2 Å². The fourth-order valence-electron chi connectivity index (χ4n) is 3.17. The molecule has 2 heterocycles. The van der Waals surface area contributed by atoms with Gasteiger partial charge in [0.25, 0.3) is 5.56 Å². The molecule has 148 valence electrons. The number of aromatic amines is 1. The van der Waals surface area contributed by atoms with Crippen LogP contribution in [0.2, 0.25) is 0 Å². The van der Waals surface area contributed by atoms with E-state index < -0.39 is 0 Å². The molecule has 0 saturated carbocycles. The first-order valence-electron chi connectivity index (χ1n) is 9.12. The van der Waals surface area contributed by atoms with Gasteiger partial charge in [0.2, 0.25) is 0 Å². The minimum absolute atomic E-state index is 0.152. The molecular weight excluding hydrogens is 389 g/mol. The maximum absolute atomic E-state index is 13.2. The number of nitrogens with zero attached hydrogens (tertiary/aromatic N) is 2. The first-order chi connectivity index (χ1) is 14.0. The summed E-state index contributed by atoms with van der Waals surface area (Å²) in [6.07, 6.45) is 0. The van der Waals surface area contributed by atoms with E-state index in [0.29, 0.717) is 22.6 Å². The van der Waals surface area contributed by atoms with Crippen LogP contribution in [0.4, 0.5) is 4.39 Å². The first kappa shape index (κ1) is 19.3. The number of benzene rings is 2. The third-order valence-corrected chi connectivity index (χ3v) is 5.76. The number of rotatable bonds is 6. The van der Waals surface area contributed by atoms with Crippen LogP contribution < -0.4 is 10.3 Å². The van der Waals surface area contributed by atoms with Crippen molar-refractivity contribution in [3.05, 3.63) is 82.2 Å². The summed E-state index contributed by atoms with van der Waals surface area (Å²) in [5.41, 5.74) is 2.52. The number of hydrogen-bond donors (Lipinski definition) is 1. The fourth-order valence-corrected chi connectivity index (χ4v) is 4.17. The number of fused-ring (bicyclic) bond motifs is 1. The second kappa shape index (κ2) is 8.14. The topological polar surface area (TPSA) is 58.2 Å². The molecule has 0 fully saturated rings. The molecule has 0 spiro atoms. The predicted octanol–water partition coefficient (Wildman–Crippen LogP) is 4.43. The molecule has 0 unspecified atom stereocenters. The van der Waals surface area contributed by atoms with Gasteiger partial charge in [0, 0.05) is 11.4 Å². The lowest BCUT2D eigenvalue weighted by Gasteiger charge is -2.16. The van der Waals surface area contributed by atoms with Crippen molar-refractivity contribution in [2.24, 2.45) is 0 Å². The summed E-state index contributed by atoms with van der Waals surface area (Å²) < 4.78 is 18.9. The van der Waals surface area contributed by atoms with Gasteiger partial charge in [-0.15, -0.1) is 11.3 Å². The zero-order chi connectivity index (χ0) is 20.4. The SMILES string of the molecule is COc1ccc(CN(C)Cc2nc3cc(-c4ccc(F)cc4)sc3c(=O)[nH]2)cc1. The molecule has 2 aromatic carbocycles. The molecule has 0 aliphatic carbocycles. The van der Waals surface area contributed by atoms with E-state index in [2.05, 4.69) is 14.9 Å². The van der Waals surface area contributed by atoms with Crippen LogP contribution in [0, 0.1) is 5.82 Å². The lowest BCUT2D eigenvalue weighted by Crippen LogP contribution is -2.21. The molecule has 0 aliphatic rings. The van der Waals surface area contributed by atoms with Gasteiger partial charge in [-0.2, -0.15) is 0 Å². The second-order valence-electron chi connectivity index (χ2n) is 6.86. The lowest BCUT2D eigenvalue weighted by atomic mass is 10.2. The summed E-state index contributed by atoms with van der Waals surface area (Å²) in [5, 5.41) is 0. The van der Waals surface area contributed by atoms with Crippen LogP contribution in [-0.2, 0) is 13.1 Å². The number of methoxy groups -OCH3 is 1. The average molecular weight is 409 g/mol. The average Bonchev–Trinajstić information content (AvgIpc) is 3.14. The maximum Gasteiger partial charge on any atom is 0.268 e. The second-order valence-corrected chi connectivity index (χ2v) is 7.92. The number of aromatic nitrogens is 2. The Morgan fingerprint density at radius 1 is 1.10 bits per heavy atom. The zero-order valence-electron chi connectivity index (χ0n) is 16.1. The van der Waals surface area contributed by atoms with Crippen LogP contribution in [0.3, 0.4) is 0 Å². The smallest absolute Gasteiger partial charge is 0.268 e. The molecular formula is C22H20FN3O2S. The first-order valence-corrected chi connectivity index (χ1v) is 9.93. The minimum atomic E-state index is -0.284. The van der Waals surface area contributed by atoms with Crippen molar-refractivity contribution in [2.45, 2.75) is 13.1 Å². The summed E-state index contributed by atoms with van der Waals surface area (Å²) >= 11 is 1.36. The molecule has 0 aliphatic heterocycles. The highest BCUT2D eigenvalue weighted by atomic mass is 32.1. The van der Waals surface area contributed by atoms with Crippen LogP contribution in [0.15, 0.2) is 59.4 Å². The minimum Gasteiger partial charge on any atom is -0.497 e. The van der Waals surface area contributed by atoms with Gasteiger partial charge in [-0.1, -0.05) is 24.3 Å². The van der Waals surface area contributed by atoms with Crippen LogP contribution in [0.25, 0.3) is 20.7 Å². The van der Waals surface area contributed by atoms with E-state index in [1.807, 2.05) is 37.4 Å². The van der Waals surface area contributed by atoms with E-state index >= 15 is 0 Å². The number of ether oxygens (including phenoxy) is 1. The van der Waals surface area contributed by atoms with Crippen molar-refractivity contribution >= 4 is 21.6 Å². The van der Waals surface area contributed by atoms with Crippen LogP contribution >= 0.6 is 11.3 Å². The number of nitrogens with one attached hydrogen (secondary N) is 1. The maximum atomic E-state index is 13.2. The van der Waals surface area contributed by atoms with Gasteiger partial charge in [-0.3, -0.25) is 9.69 Å². The Bertz CT molecular complexity index is 1180. The molecule has 4 aromatic rings. The van der Waals surface area contributed by atoms with Gasteiger partial charge in [-0.25, -0.2) is 9.37 Å². The Hall–Kier alpha value is -3.03. The van der Waals surface area contributed by atoms with Gasteiger partial charge in [-0.05, 0) is 48.5 Å². The molecule has 2 aromatic heterocycles. The van der Waals surface area contributed by atoms with Crippen molar-refractivity contribution in [3.63, 3.8) is 0 Å². The molecule has 0 atom stereocenters. The van der Waals surface area contributed by atoms with E-state index in [-0.39, 0.29) is 11.4 Å². The van der Waals surface area contributed by atoms with E-state index in [9.17, 15) is 9.18 Å². The highest BCUT2D eigenvalue weighted by Crippen LogP contribution is 2.31. The zero-order valence-corrected chi connectivity index (χ0v) is 16.9. The Kier molecular flexibility index (Phi) is 5.42. The quantitative estimate of drug-likeness (QED) is 0.512. The molecule has 0 amide bonds. The monoisotopic (exact) mass is 409 g/mol. The Morgan fingerprint density at radius 2 is 1.83 bits per heavy atom. The normalized spacial score (nSPS) is 11.3. The third kappa shape index (κ3) is 4.36. The highest BCUT2D eigenvalue weighted by Gasteiger charge is 2.12. The summed E-state index contributed by atoms with van der Waals surface area (Å²) in [5.74, 6) is 1.15. The van der Waals surface area contributed by atoms with Gasteiger partial charge in [0.05, 0.1) is 19.2 Å². The molecule has 0 radical (unpaired) electrons. The lowest BCUT2D eigenvalue weighted by molar-refractivity contribution is 0.310. The molecule has 7 heteroatoms. The highest BCUT2D eigenvalue weighted by molar-refractivity contribution is 7.22. The summed E-state index contributed by atoms with van der Waals surface area (Å²) in [6.45, 7) is 1.23. The summed E-state index contributed by atoms with van der Waals surface area (Å²) in [7, 11) is 3.62. The van der Waals surface area contributed by atoms with Crippen molar-refractivity contribution in [1.29, 1.82) is 0 Å². The molecule has 4 rings (SSSR count). The number of halogens is 1. The Morgan fingerprint density at radius 3 is 2.52 bits per heavy atom. The molecule has 5 nitrogen and oxygen atoms in total. The van der Waals surface area contributed by atoms with E-state index in [1.165, 1.54) is 23.5 Å². The molecule has 1 N–H and O–H groups in total. The Labute approximate surface area is 171 Å². The van der Waals surface area contributed by atoms with Gasteiger partial charge in [0.1, 0.15) is 22.1 Å².